The first-order valence-electron chi connectivity index (χ1n) is 7.54. The third-order valence-electron chi connectivity index (χ3n) is 4.19. The largest absolute Gasteiger partial charge is 0.276 e. The van der Waals surface area contributed by atoms with Crippen molar-refractivity contribution in [2.24, 2.45) is 0 Å². The number of rotatable bonds is 4. The lowest BCUT2D eigenvalue weighted by atomic mass is 9.93. The van der Waals surface area contributed by atoms with Crippen LogP contribution in [0.1, 0.15) is 25.3 Å². The summed E-state index contributed by atoms with van der Waals surface area (Å²) < 4.78 is 29.5. The van der Waals surface area contributed by atoms with Crippen LogP contribution >= 0.6 is 0 Å². The summed E-state index contributed by atoms with van der Waals surface area (Å²) >= 11 is 0. The maximum Gasteiger partial charge on any atom is 0.262 e. The topological polar surface area (TPSA) is 76.9 Å². The Morgan fingerprint density at radius 3 is 2.87 bits per heavy atom. The van der Waals surface area contributed by atoms with E-state index in [0.717, 1.165) is 23.7 Å². The lowest BCUT2D eigenvalue weighted by Gasteiger charge is -2.25. The van der Waals surface area contributed by atoms with E-state index in [2.05, 4.69) is 14.8 Å². The van der Waals surface area contributed by atoms with Gasteiger partial charge in [-0.05, 0) is 43.5 Å². The molecule has 1 fully saturated rings. The fraction of sp³-hybridized carbons (Fsp3) is 0.250. The second-order valence-electron chi connectivity index (χ2n) is 5.76. The van der Waals surface area contributed by atoms with Crippen molar-refractivity contribution in [1.82, 2.24) is 14.8 Å². The third kappa shape index (κ3) is 2.68. The molecule has 0 aliphatic heterocycles. The molecule has 0 amide bonds. The Bertz CT molecular complexity index is 961. The Morgan fingerprint density at radius 1 is 1.22 bits per heavy atom. The van der Waals surface area contributed by atoms with Crippen molar-refractivity contribution in [3.63, 3.8) is 0 Å². The lowest BCUT2D eigenvalue weighted by molar-refractivity contribution is 0.289. The van der Waals surface area contributed by atoms with E-state index in [-0.39, 0.29) is 4.90 Å². The number of hydrogen-bond donors (Lipinski definition) is 1. The summed E-state index contributed by atoms with van der Waals surface area (Å²) in [6, 6.07) is 8.93. The van der Waals surface area contributed by atoms with Gasteiger partial charge in [0.25, 0.3) is 10.0 Å². The minimum Gasteiger partial charge on any atom is -0.276 e. The highest BCUT2D eigenvalue weighted by Gasteiger charge is 2.21. The number of sulfonamides is 1. The monoisotopic (exact) mass is 328 g/mol. The van der Waals surface area contributed by atoms with E-state index in [9.17, 15) is 8.42 Å². The van der Waals surface area contributed by atoms with Crippen LogP contribution < -0.4 is 4.72 Å². The molecule has 3 aromatic rings. The molecule has 2 aromatic heterocycles. The van der Waals surface area contributed by atoms with E-state index in [4.69, 9.17) is 0 Å². The summed E-state index contributed by atoms with van der Waals surface area (Å²) in [7, 11) is -3.64. The molecule has 0 radical (unpaired) electrons. The van der Waals surface area contributed by atoms with Gasteiger partial charge in [0.05, 0.1) is 28.3 Å². The fourth-order valence-electron chi connectivity index (χ4n) is 2.68. The first kappa shape index (κ1) is 14.2. The van der Waals surface area contributed by atoms with Gasteiger partial charge in [-0.25, -0.2) is 8.42 Å². The molecule has 118 valence electrons. The van der Waals surface area contributed by atoms with Crippen molar-refractivity contribution in [3.05, 3.63) is 48.9 Å². The van der Waals surface area contributed by atoms with E-state index < -0.39 is 10.0 Å². The molecular weight excluding hydrogens is 312 g/mol. The summed E-state index contributed by atoms with van der Waals surface area (Å²) in [6.07, 6.45) is 8.40. The second kappa shape index (κ2) is 5.34. The number of benzene rings is 1. The van der Waals surface area contributed by atoms with Crippen LogP contribution in [-0.4, -0.2) is 23.2 Å². The van der Waals surface area contributed by atoms with Crippen LogP contribution in [0.5, 0.6) is 0 Å². The first-order chi connectivity index (χ1) is 11.1. The molecule has 6 nitrogen and oxygen atoms in total. The normalized spacial score (nSPS) is 15.5. The molecule has 0 spiro atoms. The van der Waals surface area contributed by atoms with E-state index >= 15 is 0 Å². The fourth-order valence-corrected chi connectivity index (χ4v) is 3.74. The number of pyridine rings is 1. The smallest absolute Gasteiger partial charge is 0.262 e. The standard InChI is InChI=1S/C16H16N4O2S/c21-23(22,15-6-7-16-12(9-15)3-2-8-17-16)19-13-10-18-20(11-13)14-4-1-5-14/h2-3,6-11,14,19H,1,4-5H2. The van der Waals surface area contributed by atoms with Crippen molar-refractivity contribution < 1.29 is 8.42 Å². The van der Waals surface area contributed by atoms with Crippen LogP contribution in [0, 0.1) is 0 Å². The van der Waals surface area contributed by atoms with Crippen LogP contribution in [-0.2, 0) is 10.0 Å². The van der Waals surface area contributed by atoms with Gasteiger partial charge >= 0.3 is 0 Å². The molecule has 1 N–H and O–H groups in total. The van der Waals surface area contributed by atoms with Gasteiger partial charge in [0, 0.05) is 17.8 Å². The van der Waals surface area contributed by atoms with Gasteiger partial charge in [-0.1, -0.05) is 6.07 Å². The molecule has 1 aromatic carbocycles. The minimum absolute atomic E-state index is 0.217. The van der Waals surface area contributed by atoms with Crippen LogP contribution in [0.2, 0.25) is 0 Å². The zero-order valence-corrected chi connectivity index (χ0v) is 13.2. The molecule has 23 heavy (non-hydrogen) atoms. The molecule has 1 aliphatic rings. The summed E-state index contributed by atoms with van der Waals surface area (Å²) in [4.78, 5) is 4.42. The molecule has 4 rings (SSSR count). The predicted molar refractivity (Wildman–Crippen MR) is 87.7 cm³/mol. The number of fused-ring (bicyclic) bond motifs is 1. The van der Waals surface area contributed by atoms with Gasteiger partial charge < -0.3 is 0 Å². The molecule has 1 saturated carbocycles. The highest BCUT2D eigenvalue weighted by atomic mass is 32.2. The lowest BCUT2D eigenvalue weighted by Crippen LogP contribution is -2.17. The molecule has 7 heteroatoms. The number of nitrogens with one attached hydrogen (secondary N) is 1. The van der Waals surface area contributed by atoms with Crippen molar-refractivity contribution in [2.75, 3.05) is 4.72 Å². The molecule has 2 heterocycles. The summed E-state index contributed by atoms with van der Waals surface area (Å²) in [5.74, 6) is 0. The maximum absolute atomic E-state index is 12.5. The first-order valence-corrected chi connectivity index (χ1v) is 9.02. The number of aromatic nitrogens is 3. The van der Waals surface area contributed by atoms with Gasteiger partial charge in [-0.2, -0.15) is 5.10 Å². The summed E-state index contributed by atoms with van der Waals surface area (Å²) in [6.45, 7) is 0. The Kier molecular flexibility index (Phi) is 3.30. The van der Waals surface area contributed by atoms with Crippen LogP contribution in [0.3, 0.4) is 0 Å². The molecule has 0 bridgehead atoms. The minimum atomic E-state index is -3.64. The van der Waals surface area contributed by atoms with Gasteiger partial charge in [0.15, 0.2) is 0 Å². The second-order valence-corrected chi connectivity index (χ2v) is 7.44. The highest BCUT2D eigenvalue weighted by molar-refractivity contribution is 7.92. The zero-order valence-electron chi connectivity index (χ0n) is 12.4. The average Bonchev–Trinajstić information content (AvgIpc) is 2.92. The number of nitrogens with zero attached hydrogens (tertiary/aromatic N) is 3. The summed E-state index contributed by atoms with van der Waals surface area (Å²) in [5, 5.41) is 5.04. The van der Waals surface area contributed by atoms with E-state index in [0.29, 0.717) is 11.7 Å². The number of hydrogen-bond acceptors (Lipinski definition) is 4. The zero-order chi connectivity index (χ0) is 15.9. The predicted octanol–water partition coefficient (Wildman–Crippen LogP) is 2.96. The Morgan fingerprint density at radius 2 is 2.09 bits per heavy atom. The van der Waals surface area contributed by atoms with Crippen molar-refractivity contribution in [2.45, 2.75) is 30.2 Å². The molecular formula is C16H16N4O2S. The van der Waals surface area contributed by atoms with Crippen LogP contribution in [0.4, 0.5) is 5.69 Å². The Hall–Kier alpha value is -2.41. The van der Waals surface area contributed by atoms with Gasteiger partial charge in [-0.3, -0.25) is 14.4 Å². The van der Waals surface area contributed by atoms with Gasteiger partial charge in [0.1, 0.15) is 0 Å². The Labute approximate surface area is 134 Å². The molecule has 1 aliphatic carbocycles. The van der Waals surface area contributed by atoms with Crippen LogP contribution in [0.15, 0.2) is 53.8 Å². The molecule has 0 saturated heterocycles. The van der Waals surface area contributed by atoms with E-state index in [1.165, 1.54) is 6.42 Å². The van der Waals surface area contributed by atoms with E-state index in [1.54, 1.807) is 42.9 Å². The summed E-state index contributed by atoms with van der Waals surface area (Å²) in [5.41, 5.74) is 1.26. The quantitative estimate of drug-likeness (QED) is 0.799. The van der Waals surface area contributed by atoms with E-state index in [1.807, 2.05) is 10.7 Å². The van der Waals surface area contributed by atoms with Crippen molar-refractivity contribution >= 4 is 26.6 Å². The third-order valence-corrected chi connectivity index (χ3v) is 5.57. The average molecular weight is 328 g/mol. The van der Waals surface area contributed by atoms with Crippen molar-refractivity contribution in [3.8, 4) is 0 Å². The number of anilines is 1. The van der Waals surface area contributed by atoms with Gasteiger partial charge in [-0.15, -0.1) is 0 Å². The highest BCUT2D eigenvalue weighted by Crippen LogP contribution is 2.31. The SMILES string of the molecule is O=S(=O)(Nc1cnn(C2CCC2)c1)c1ccc2ncccc2c1. The van der Waals surface area contributed by atoms with Crippen LogP contribution in [0.25, 0.3) is 10.9 Å². The molecule has 0 unspecified atom stereocenters. The maximum atomic E-state index is 12.5. The van der Waals surface area contributed by atoms with Gasteiger partial charge in [0.2, 0.25) is 0 Å². The molecule has 0 atom stereocenters. The Balaban J connectivity index is 1.61. The van der Waals surface area contributed by atoms with Crippen molar-refractivity contribution in [1.29, 1.82) is 0 Å².